The number of nitrogens with zero attached hydrogens (tertiary/aromatic N) is 1. The monoisotopic (exact) mass is 122 g/mol. The number of rotatable bonds is 0. The molecule has 1 aliphatic heterocycles. The van der Waals surface area contributed by atoms with Gasteiger partial charge in [-0.3, -0.25) is 0 Å². The number of piperidine rings is 1. The number of hydrogen-bond donors (Lipinski definition) is 1. The van der Waals surface area contributed by atoms with Crippen molar-refractivity contribution in [1.82, 2.24) is 5.32 Å². The molecule has 2 rings (SSSR count). The van der Waals surface area contributed by atoms with Gasteiger partial charge in [-0.25, -0.2) is 0 Å². The molecule has 2 aliphatic rings. The van der Waals surface area contributed by atoms with Crippen molar-refractivity contribution in [2.24, 2.45) is 11.8 Å². The van der Waals surface area contributed by atoms with Gasteiger partial charge in [-0.2, -0.15) is 5.26 Å². The minimum absolute atomic E-state index is 0.338. The van der Waals surface area contributed by atoms with Crippen molar-refractivity contribution in [3.8, 4) is 6.07 Å². The topological polar surface area (TPSA) is 35.8 Å². The minimum atomic E-state index is 0.338. The molecule has 0 radical (unpaired) electrons. The molecule has 48 valence electrons. The van der Waals surface area contributed by atoms with Crippen LogP contribution in [0.2, 0.25) is 0 Å². The smallest absolute Gasteiger partial charge is 0.0675 e. The maximum atomic E-state index is 8.66. The molecule has 1 saturated heterocycles. The predicted octanol–water partition coefficient (Wildman–Crippen LogP) is 0.508. The van der Waals surface area contributed by atoms with Crippen LogP contribution in [0.5, 0.6) is 0 Å². The highest BCUT2D eigenvalue weighted by atomic mass is 15.0. The molecule has 2 nitrogen and oxygen atoms in total. The third kappa shape index (κ3) is 0.585. The molecular weight excluding hydrogens is 112 g/mol. The van der Waals surface area contributed by atoms with Crippen LogP contribution in [0, 0.1) is 23.2 Å². The molecule has 0 spiro atoms. The van der Waals surface area contributed by atoms with E-state index in [0.717, 1.165) is 6.54 Å². The Bertz CT molecular complexity index is 139. The summed E-state index contributed by atoms with van der Waals surface area (Å²) >= 11 is 0. The van der Waals surface area contributed by atoms with Crippen molar-refractivity contribution < 1.29 is 0 Å². The van der Waals surface area contributed by atoms with Crippen LogP contribution in [-0.4, -0.2) is 12.6 Å². The fourth-order valence-electron chi connectivity index (χ4n) is 2.04. The average molecular weight is 122 g/mol. The highest BCUT2D eigenvalue weighted by Gasteiger charge is 2.41. The van der Waals surface area contributed by atoms with Crippen molar-refractivity contribution in [1.29, 1.82) is 5.26 Å². The summed E-state index contributed by atoms with van der Waals surface area (Å²) in [4.78, 5) is 0. The van der Waals surface area contributed by atoms with E-state index in [2.05, 4.69) is 11.4 Å². The zero-order valence-corrected chi connectivity index (χ0v) is 5.30. The Morgan fingerprint density at radius 1 is 1.44 bits per heavy atom. The third-order valence-corrected chi connectivity index (χ3v) is 2.58. The van der Waals surface area contributed by atoms with Gasteiger partial charge in [-0.15, -0.1) is 0 Å². The van der Waals surface area contributed by atoms with Crippen LogP contribution in [0.15, 0.2) is 0 Å². The van der Waals surface area contributed by atoms with Crippen LogP contribution in [0.3, 0.4) is 0 Å². The van der Waals surface area contributed by atoms with Crippen LogP contribution in [0.4, 0.5) is 0 Å². The fourth-order valence-corrected chi connectivity index (χ4v) is 2.04. The van der Waals surface area contributed by atoms with Gasteiger partial charge < -0.3 is 5.32 Å². The molecule has 1 N–H and O–H groups in total. The van der Waals surface area contributed by atoms with Crippen LogP contribution in [0.1, 0.15) is 12.8 Å². The summed E-state index contributed by atoms with van der Waals surface area (Å²) in [5.41, 5.74) is 0. The predicted molar refractivity (Wildman–Crippen MR) is 33.6 cm³/mol. The van der Waals surface area contributed by atoms with Gasteiger partial charge in [-0.05, 0) is 25.3 Å². The van der Waals surface area contributed by atoms with E-state index in [0.29, 0.717) is 17.9 Å². The van der Waals surface area contributed by atoms with Gasteiger partial charge in [0.05, 0.1) is 12.0 Å². The highest BCUT2D eigenvalue weighted by molar-refractivity contribution is 5.06. The van der Waals surface area contributed by atoms with E-state index in [9.17, 15) is 0 Å². The zero-order valence-electron chi connectivity index (χ0n) is 5.30. The van der Waals surface area contributed by atoms with Gasteiger partial charge in [-0.1, -0.05) is 0 Å². The molecule has 2 heteroatoms. The Morgan fingerprint density at radius 2 is 2.33 bits per heavy atom. The molecule has 2 bridgehead atoms. The summed E-state index contributed by atoms with van der Waals surface area (Å²) in [6.07, 6.45) is 2.50. The number of hydrogen-bond acceptors (Lipinski definition) is 2. The summed E-state index contributed by atoms with van der Waals surface area (Å²) in [5.74, 6) is 1.02. The zero-order chi connectivity index (χ0) is 6.27. The quantitative estimate of drug-likeness (QED) is 0.508. The van der Waals surface area contributed by atoms with Gasteiger partial charge in [0.1, 0.15) is 0 Å². The van der Waals surface area contributed by atoms with Crippen LogP contribution < -0.4 is 5.32 Å². The second kappa shape index (κ2) is 1.71. The highest BCUT2D eigenvalue weighted by Crippen LogP contribution is 2.35. The van der Waals surface area contributed by atoms with E-state index >= 15 is 0 Å². The molecule has 3 atom stereocenters. The van der Waals surface area contributed by atoms with Crippen molar-refractivity contribution in [3.05, 3.63) is 0 Å². The Kier molecular flexibility index (Phi) is 1.000. The first-order chi connectivity index (χ1) is 4.42. The summed E-state index contributed by atoms with van der Waals surface area (Å²) in [6.45, 7) is 1.09. The van der Waals surface area contributed by atoms with Gasteiger partial charge in [0.25, 0.3) is 0 Å². The largest absolute Gasteiger partial charge is 0.312 e. The van der Waals surface area contributed by atoms with Crippen LogP contribution in [-0.2, 0) is 0 Å². The van der Waals surface area contributed by atoms with Crippen molar-refractivity contribution in [3.63, 3.8) is 0 Å². The second-order valence-corrected chi connectivity index (χ2v) is 3.01. The van der Waals surface area contributed by atoms with E-state index in [1.54, 1.807) is 0 Å². The van der Waals surface area contributed by atoms with Gasteiger partial charge in [0.2, 0.25) is 0 Å². The standard InChI is InChI=1S/C7H10N2/c8-3-6-5-1-2-7(6)9-4-5/h5-7,9H,1-2,4H2. The Hall–Kier alpha value is -0.550. The lowest BCUT2D eigenvalue weighted by atomic mass is 10.0. The molecule has 0 amide bonds. The second-order valence-electron chi connectivity index (χ2n) is 3.01. The molecule has 1 heterocycles. The van der Waals surface area contributed by atoms with E-state index in [1.165, 1.54) is 12.8 Å². The molecule has 0 aromatic heterocycles. The summed E-state index contributed by atoms with van der Waals surface area (Å²) in [7, 11) is 0. The van der Waals surface area contributed by atoms with Crippen LogP contribution in [0.25, 0.3) is 0 Å². The first kappa shape index (κ1) is 5.25. The average Bonchev–Trinajstić information content (AvgIpc) is 2.44. The van der Waals surface area contributed by atoms with Crippen molar-refractivity contribution >= 4 is 0 Å². The lowest BCUT2D eigenvalue weighted by Gasteiger charge is -2.07. The summed E-state index contributed by atoms with van der Waals surface area (Å²) in [5, 5.41) is 12.0. The molecular formula is C7H10N2. The molecule has 2 fully saturated rings. The van der Waals surface area contributed by atoms with Gasteiger partial charge >= 0.3 is 0 Å². The Balaban J connectivity index is 2.19. The van der Waals surface area contributed by atoms with Gasteiger partial charge in [0, 0.05) is 6.04 Å². The molecule has 0 aromatic rings. The normalized spacial score (nSPS) is 47.2. The minimum Gasteiger partial charge on any atom is -0.312 e. The molecule has 9 heavy (non-hydrogen) atoms. The summed E-state index contributed by atoms with van der Waals surface area (Å²) < 4.78 is 0. The van der Waals surface area contributed by atoms with E-state index in [4.69, 9.17) is 5.26 Å². The van der Waals surface area contributed by atoms with E-state index in [1.807, 2.05) is 0 Å². The molecule has 1 aliphatic carbocycles. The van der Waals surface area contributed by atoms with Crippen molar-refractivity contribution in [2.45, 2.75) is 18.9 Å². The van der Waals surface area contributed by atoms with Crippen molar-refractivity contribution in [2.75, 3.05) is 6.54 Å². The Morgan fingerprint density at radius 3 is 2.56 bits per heavy atom. The summed E-state index contributed by atoms with van der Waals surface area (Å²) in [6, 6.07) is 2.91. The number of fused-ring (bicyclic) bond motifs is 2. The number of nitrogens with one attached hydrogen (secondary N) is 1. The maximum Gasteiger partial charge on any atom is 0.0675 e. The van der Waals surface area contributed by atoms with E-state index < -0.39 is 0 Å². The molecule has 1 saturated carbocycles. The van der Waals surface area contributed by atoms with E-state index in [-0.39, 0.29) is 0 Å². The SMILES string of the molecule is N#CC1C2CCC1NC2. The lowest BCUT2D eigenvalue weighted by Crippen LogP contribution is -2.25. The third-order valence-electron chi connectivity index (χ3n) is 2.58. The lowest BCUT2D eigenvalue weighted by molar-refractivity contribution is 0.502. The first-order valence-corrected chi connectivity index (χ1v) is 3.55. The fraction of sp³-hybridized carbons (Fsp3) is 0.857. The van der Waals surface area contributed by atoms with Gasteiger partial charge in [0.15, 0.2) is 0 Å². The number of nitriles is 1. The molecule has 0 aromatic carbocycles. The van der Waals surface area contributed by atoms with Crippen LogP contribution >= 0.6 is 0 Å². The molecule has 3 unspecified atom stereocenters. The maximum absolute atomic E-state index is 8.66. The Labute approximate surface area is 54.9 Å². The first-order valence-electron chi connectivity index (χ1n) is 3.55.